The largest absolute Gasteiger partial charge is 0.497 e. The molecule has 0 heterocycles. The number of aryl methyl sites for hydroxylation is 1. The predicted octanol–water partition coefficient (Wildman–Crippen LogP) is 1.77. The quantitative estimate of drug-likeness (QED) is 0.824. The molecule has 1 aromatic carbocycles. The molecular weight excluding hydrogens is 202 g/mol. The Hall–Kier alpha value is -1.51. The van der Waals surface area contributed by atoms with Crippen LogP contribution in [0.1, 0.15) is 30.9 Å². The second-order valence-corrected chi connectivity index (χ2v) is 4.57. The second-order valence-electron chi connectivity index (χ2n) is 4.57. The molecule has 16 heavy (non-hydrogen) atoms. The number of carbonyl (C=O) groups excluding carboxylic acids is 1. The lowest BCUT2D eigenvalue weighted by Crippen LogP contribution is -2.41. The van der Waals surface area contributed by atoms with Crippen molar-refractivity contribution < 1.29 is 9.53 Å². The van der Waals surface area contributed by atoms with Gasteiger partial charge in [0.15, 0.2) is 0 Å². The molecule has 0 unspecified atom stereocenters. The molecule has 1 atom stereocenters. The molecule has 2 N–H and O–H groups in total. The van der Waals surface area contributed by atoms with E-state index in [2.05, 4.69) is 0 Å². The molecule has 0 saturated carbocycles. The Kier molecular flexibility index (Phi) is 2.62. The van der Waals surface area contributed by atoms with Gasteiger partial charge in [0.05, 0.1) is 12.5 Å². The van der Waals surface area contributed by atoms with Crippen LogP contribution in [0.4, 0.5) is 0 Å². The molecule has 3 nitrogen and oxygen atoms in total. The molecule has 0 bridgehead atoms. The summed E-state index contributed by atoms with van der Waals surface area (Å²) in [5.41, 5.74) is 7.24. The topological polar surface area (TPSA) is 52.3 Å². The SMILES string of the molecule is COc1ccc2c(c1)[C@](C)(C(N)=O)CCC2. The van der Waals surface area contributed by atoms with Gasteiger partial charge in [0.2, 0.25) is 5.91 Å². The lowest BCUT2D eigenvalue weighted by atomic mass is 9.71. The van der Waals surface area contributed by atoms with Crippen molar-refractivity contribution in [2.24, 2.45) is 5.73 Å². The minimum Gasteiger partial charge on any atom is -0.497 e. The summed E-state index contributed by atoms with van der Waals surface area (Å²) in [6.45, 7) is 1.92. The number of fused-ring (bicyclic) bond motifs is 1. The van der Waals surface area contributed by atoms with Crippen molar-refractivity contribution in [1.29, 1.82) is 0 Å². The average Bonchev–Trinajstić information content (AvgIpc) is 2.29. The number of primary amides is 1. The highest BCUT2D eigenvalue weighted by Crippen LogP contribution is 2.38. The Bertz CT molecular complexity index is 428. The summed E-state index contributed by atoms with van der Waals surface area (Å²) < 4.78 is 5.20. The first-order valence-corrected chi connectivity index (χ1v) is 5.55. The van der Waals surface area contributed by atoms with E-state index in [-0.39, 0.29) is 5.91 Å². The van der Waals surface area contributed by atoms with Crippen molar-refractivity contribution in [3.8, 4) is 5.75 Å². The van der Waals surface area contributed by atoms with Crippen LogP contribution in [0.5, 0.6) is 5.75 Å². The number of carbonyl (C=O) groups is 1. The summed E-state index contributed by atoms with van der Waals surface area (Å²) in [6, 6.07) is 5.92. The molecule has 0 aliphatic heterocycles. The zero-order chi connectivity index (χ0) is 11.8. The summed E-state index contributed by atoms with van der Waals surface area (Å²) in [6.07, 6.45) is 2.85. The third-order valence-electron chi connectivity index (χ3n) is 3.58. The fraction of sp³-hybridized carbons (Fsp3) is 0.462. The van der Waals surface area contributed by atoms with Crippen LogP contribution in [0.3, 0.4) is 0 Å². The van der Waals surface area contributed by atoms with Crippen LogP contribution >= 0.6 is 0 Å². The molecule has 86 valence electrons. The third kappa shape index (κ3) is 1.56. The van der Waals surface area contributed by atoms with Gasteiger partial charge in [-0.05, 0) is 49.4 Å². The molecule has 0 fully saturated rings. The number of methoxy groups -OCH3 is 1. The van der Waals surface area contributed by atoms with Gasteiger partial charge in [0, 0.05) is 0 Å². The van der Waals surface area contributed by atoms with Crippen molar-refractivity contribution in [3.05, 3.63) is 29.3 Å². The van der Waals surface area contributed by atoms with Crippen molar-refractivity contribution in [1.82, 2.24) is 0 Å². The predicted molar refractivity (Wildman–Crippen MR) is 62.5 cm³/mol. The van der Waals surface area contributed by atoms with Crippen LogP contribution in [-0.2, 0) is 16.6 Å². The minimum atomic E-state index is -0.540. The Morgan fingerprint density at radius 3 is 2.88 bits per heavy atom. The first-order chi connectivity index (χ1) is 7.58. The maximum atomic E-state index is 11.6. The summed E-state index contributed by atoms with van der Waals surface area (Å²) in [5, 5.41) is 0. The molecule has 0 aromatic heterocycles. The van der Waals surface area contributed by atoms with Gasteiger partial charge in [-0.15, -0.1) is 0 Å². The maximum Gasteiger partial charge on any atom is 0.227 e. The summed E-state index contributed by atoms with van der Waals surface area (Å²) in [4.78, 5) is 11.6. The maximum absolute atomic E-state index is 11.6. The number of rotatable bonds is 2. The number of ether oxygens (including phenoxy) is 1. The van der Waals surface area contributed by atoms with E-state index < -0.39 is 5.41 Å². The van der Waals surface area contributed by atoms with Crippen molar-refractivity contribution in [2.75, 3.05) is 7.11 Å². The van der Waals surface area contributed by atoms with E-state index in [0.717, 1.165) is 30.6 Å². The fourth-order valence-corrected chi connectivity index (χ4v) is 2.44. The van der Waals surface area contributed by atoms with Crippen LogP contribution in [0.2, 0.25) is 0 Å². The van der Waals surface area contributed by atoms with E-state index in [1.54, 1.807) is 7.11 Å². The van der Waals surface area contributed by atoms with Crippen LogP contribution < -0.4 is 10.5 Å². The molecule has 1 aliphatic rings. The number of hydrogen-bond acceptors (Lipinski definition) is 2. The minimum absolute atomic E-state index is 0.248. The van der Waals surface area contributed by atoms with E-state index in [1.165, 1.54) is 5.56 Å². The normalized spacial score (nSPS) is 23.6. The molecule has 0 saturated heterocycles. The van der Waals surface area contributed by atoms with Gasteiger partial charge in [-0.3, -0.25) is 4.79 Å². The zero-order valence-corrected chi connectivity index (χ0v) is 9.75. The number of hydrogen-bond donors (Lipinski definition) is 1. The van der Waals surface area contributed by atoms with Crippen LogP contribution in [0.25, 0.3) is 0 Å². The zero-order valence-electron chi connectivity index (χ0n) is 9.75. The molecule has 0 radical (unpaired) electrons. The Morgan fingerprint density at radius 2 is 2.25 bits per heavy atom. The van der Waals surface area contributed by atoms with Gasteiger partial charge in [-0.25, -0.2) is 0 Å². The van der Waals surface area contributed by atoms with E-state index in [9.17, 15) is 4.79 Å². The smallest absolute Gasteiger partial charge is 0.227 e. The highest BCUT2D eigenvalue weighted by atomic mass is 16.5. The summed E-state index contributed by atoms with van der Waals surface area (Å²) in [7, 11) is 1.63. The number of amides is 1. The van der Waals surface area contributed by atoms with Crippen molar-refractivity contribution in [2.45, 2.75) is 31.6 Å². The third-order valence-corrected chi connectivity index (χ3v) is 3.58. The van der Waals surface area contributed by atoms with Gasteiger partial charge in [0.1, 0.15) is 5.75 Å². The van der Waals surface area contributed by atoms with Crippen molar-refractivity contribution >= 4 is 5.91 Å². The van der Waals surface area contributed by atoms with Crippen LogP contribution in [0.15, 0.2) is 18.2 Å². The van der Waals surface area contributed by atoms with Gasteiger partial charge < -0.3 is 10.5 Å². The van der Waals surface area contributed by atoms with Gasteiger partial charge >= 0.3 is 0 Å². The van der Waals surface area contributed by atoms with Crippen LogP contribution in [-0.4, -0.2) is 13.0 Å². The number of benzene rings is 1. The van der Waals surface area contributed by atoms with Gasteiger partial charge in [-0.1, -0.05) is 6.07 Å². The first kappa shape index (κ1) is 11.0. The summed E-state index contributed by atoms with van der Waals surface area (Å²) in [5.74, 6) is 0.537. The first-order valence-electron chi connectivity index (χ1n) is 5.55. The highest BCUT2D eigenvalue weighted by Gasteiger charge is 2.37. The standard InChI is InChI=1S/C13H17NO2/c1-13(12(14)15)7-3-4-9-5-6-10(16-2)8-11(9)13/h5-6,8H,3-4,7H2,1-2H3,(H2,14,15)/t13-/m1/s1. The van der Waals surface area contributed by atoms with E-state index >= 15 is 0 Å². The van der Waals surface area contributed by atoms with E-state index in [0.29, 0.717) is 0 Å². The Morgan fingerprint density at radius 1 is 1.50 bits per heavy atom. The van der Waals surface area contributed by atoms with E-state index in [4.69, 9.17) is 10.5 Å². The monoisotopic (exact) mass is 219 g/mol. The molecule has 1 aromatic rings. The average molecular weight is 219 g/mol. The van der Waals surface area contributed by atoms with Gasteiger partial charge in [-0.2, -0.15) is 0 Å². The molecule has 1 amide bonds. The molecule has 1 aliphatic carbocycles. The lowest BCUT2D eigenvalue weighted by Gasteiger charge is -2.33. The second kappa shape index (κ2) is 3.81. The number of nitrogens with two attached hydrogens (primary N) is 1. The molecular formula is C13H17NO2. The Labute approximate surface area is 95.6 Å². The Balaban J connectivity index is 2.55. The van der Waals surface area contributed by atoms with E-state index in [1.807, 2.05) is 25.1 Å². The molecule has 0 spiro atoms. The fourth-order valence-electron chi connectivity index (χ4n) is 2.44. The van der Waals surface area contributed by atoms with Crippen molar-refractivity contribution in [3.63, 3.8) is 0 Å². The summed E-state index contributed by atoms with van der Waals surface area (Å²) >= 11 is 0. The van der Waals surface area contributed by atoms with Gasteiger partial charge in [0.25, 0.3) is 0 Å². The van der Waals surface area contributed by atoms with Crippen LogP contribution in [0, 0.1) is 0 Å². The molecule has 3 heteroatoms. The highest BCUT2D eigenvalue weighted by molar-refractivity contribution is 5.87. The molecule has 2 rings (SSSR count). The lowest BCUT2D eigenvalue weighted by molar-refractivity contribution is -0.123.